The van der Waals surface area contributed by atoms with Crippen LogP contribution >= 0.6 is 0 Å². The first kappa shape index (κ1) is 14.8. The van der Waals surface area contributed by atoms with Crippen LogP contribution in [-0.2, 0) is 0 Å². The van der Waals surface area contributed by atoms with E-state index in [9.17, 15) is 0 Å². The van der Waals surface area contributed by atoms with Crippen LogP contribution in [0.1, 0.15) is 59.3 Å². The normalized spacial score (nSPS) is 39.8. The Balaban J connectivity index is 1.66. The van der Waals surface area contributed by atoms with Crippen molar-refractivity contribution in [2.24, 2.45) is 34.3 Å². The van der Waals surface area contributed by atoms with Gasteiger partial charge in [0, 0.05) is 13.1 Å². The Bertz CT molecular complexity index is 312. The van der Waals surface area contributed by atoms with Crippen LogP contribution in [0.15, 0.2) is 0 Å². The van der Waals surface area contributed by atoms with E-state index in [1.54, 1.807) is 19.3 Å². The molecule has 4 rings (SSSR count). The highest BCUT2D eigenvalue weighted by Gasteiger charge is 2.51. The molecule has 4 saturated carbocycles. The van der Waals surface area contributed by atoms with Gasteiger partial charge in [-0.3, -0.25) is 0 Å². The summed E-state index contributed by atoms with van der Waals surface area (Å²) in [5.74, 6) is 3.22. The average Bonchev–Trinajstić information content (AvgIpc) is 2.35. The molecule has 20 heavy (non-hydrogen) atoms. The highest BCUT2D eigenvalue weighted by Crippen LogP contribution is 2.60. The monoisotopic (exact) mass is 278 g/mol. The molecule has 4 aliphatic rings. The van der Waals surface area contributed by atoms with Crippen LogP contribution in [0.2, 0.25) is 0 Å². The summed E-state index contributed by atoms with van der Waals surface area (Å²) in [6, 6.07) is 0. The maximum absolute atomic E-state index is 5.94. The van der Waals surface area contributed by atoms with Gasteiger partial charge in [0.2, 0.25) is 0 Å². The van der Waals surface area contributed by atoms with Crippen LogP contribution < -0.4 is 5.73 Å². The first-order valence-electron chi connectivity index (χ1n) is 8.86. The fraction of sp³-hybridized carbons (Fsp3) is 1.00. The summed E-state index contributed by atoms with van der Waals surface area (Å²) in [6.45, 7) is 11.4. The second-order valence-corrected chi connectivity index (χ2v) is 9.09. The van der Waals surface area contributed by atoms with Crippen LogP contribution in [0, 0.1) is 28.6 Å². The molecule has 0 heterocycles. The third-order valence-electron chi connectivity index (χ3n) is 6.38. The van der Waals surface area contributed by atoms with Crippen LogP contribution in [0.25, 0.3) is 0 Å². The van der Waals surface area contributed by atoms with Gasteiger partial charge in [0.25, 0.3) is 0 Å². The van der Waals surface area contributed by atoms with Crippen molar-refractivity contribution in [2.75, 3.05) is 26.2 Å². The molecule has 0 saturated heterocycles. The fourth-order valence-electron chi connectivity index (χ4n) is 5.91. The minimum Gasteiger partial charge on any atom is -0.330 e. The Labute approximate surface area is 125 Å². The molecule has 0 aliphatic heterocycles. The van der Waals surface area contributed by atoms with Gasteiger partial charge in [-0.2, -0.15) is 0 Å². The van der Waals surface area contributed by atoms with E-state index in [1.165, 1.54) is 38.9 Å². The van der Waals surface area contributed by atoms with Gasteiger partial charge in [0.1, 0.15) is 0 Å². The van der Waals surface area contributed by atoms with Crippen molar-refractivity contribution in [1.82, 2.24) is 4.90 Å². The van der Waals surface area contributed by atoms with Crippen LogP contribution in [0.5, 0.6) is 0 Å². The minimum atomic E-state index is 0.262. The molecular formula is C18H34N2. The molecule has 0 atom stereocenters. The van der Waals surface area contributed by atoms with Crippen LogP contribution in [0.3, 0.4) is 0 Å². The van der Waals surface area contributed by atoms with Crippen molar-refractivity contribution < 1.29 is 0 Å². The smallest absolute Gasteiger partial charge is 0.00449 e. The van der Waals surface area contributed by atoms with E-state index in [-0.39, 0.29) is 5.41 Å². The Morgan fingerprint density at radius 2 is 1.55 bits per heavy atom. The molecule has 116 valence electrons. The van der Waals surface area contributed by atoms with Gasteiger partial charge in [-0.15, -0.1) is 0 Å². The number of hydrogen-bond acceptors (Lipinski definition) is 2. The average molecular weight is 278 g/mol. The molecule has 0 aromatic carbocycles. The highest BCUT2D eigenvalue weighted by atomic mass is 15.1. The van der Waals surface area contributed by atoms with Crippen molar-refractivity contribution in [2.45, 2.75) is 59.3 Å². The zero-order valence-corrected chi connectivity index (χ0v) is 13.8. The summed E-state index contributed by atoms with van der Waals surface area (Å²) in [5, 5.41) is 0. The van der Waals surface area contributed by atoms with E-state index in [0.717, 1.165) is 24.3 Å². The molecule has 4 aliphatic carbocycles. The molecule has 4 fully saturated rings. The lowest BCUT2D eigenvalue weighted by molar-refractivity contribution is -0.0716. The van der Waals surface area contributed by atoms with Crippen molar-refractivity contribution in [3.05, 3.63) is 0 Å². The largest absolute Gasteiger partial charge is 0.330 e. The molecule has 2 heteroatoms. The summed E-state index contributed by atoms with van der Waals surface area (Å²) in [5.41, 5.74) is 6.88. The number of rotatable bonds is 6. The van der Waals surface area contributed by atoms with E-state index in [2.05, 4.69) is 25.7 Å². The van der Waals surface area contributed by atoms with E-state index in [1.807, 2.05) is 0 Å². The quantitative estimate of drug-likeness (QED) is 0.805. The fourth-order valence-corrected chi connectivity index (χ4v) is 5.91. The molecule has 2 nitrogen and oxygen atoms in total. The standard InChI is InChI=1S/C18H34N2/c1-4-20(12-17(2,3)11-19)13-18-8-14-5-15(9-18)7-16(6-14)10-18/h14-16H,4-13,19H2,1-3H3. The maximum Gasteiger partial charge on any atom is 0.00449 e. The molecule has 0 amide bonds. The maximum atomic E-state index is 5.94. The van der Waals surface area contributed by atoms with Gasteiger partial charge in [-0.25, -0.2) is 0 Å². The second kappa shape index (κ2) is 5.28. The summed E-state index contributed by atoms with van der Waals surface area (Å²) in [7, 11) is 0. The van der Waals surface area contributed by atoms with Crippen LogP contribution in [-0.4, -0.2) is 31.1 Å². The summed E-state index contributed by atoms with van der Waals surface area (Å²) >= 11 is 0. The van der Waals surface area contributed by atoms with Gasteiger partial charge in [0.05, 0.1) is 0 Å². The molecule has 0 aromatic heterocycles. The first-order chi connectivity index (χ1) is 9.43. The zero-order valence-electron chi connectivity index (χ0n) is 13.8. The summed E-state index contributed by atoms with van der Waals surface area (Å²) in [4.78, 5) is 2.71. The number of nitrogens with two attached hydrogens (primary N) is 1. The van der Waals surface area contributed by atoms with Crippen molar-refractivity contribution in [3.8, 4) is 0 Å². The predicted molar refractivity (Wildman–Crippen MR) is 85.6 cm³/mol. The van der Waals surface area contributed by atoms with E-state index >= 15 is 0 Å². The lowest BCUT2D eigenvalue weighted by atomic mass is 9.49. The summed E-state index contributed by atoms with van der Waals surface area (Å²) in [6.07, 6.45) is 9.24. The van der Waals surface area contributed by atoms with Gasteiger partial charge in [-0.1, -0.05) is 20.8 Å². The van der Waals surface area contributed by atoms with Gasteiger partial charge >= 0.3 is 0 Å². The molecule has 4 bridgehead atoms. The van der Waals surface area contributed by atoms with Crippen molar-refractivity contribution in [3.63, 3.8) is 0 Å². The first-order valence-corrected chi connectivity index (χ1v) is 8.86. The Kier molecular flexibility index (Phi) is 3.92. The third kappa shape index (κ3) is 2.92. The Morgan fingerprint density at radius 3 is 1.95 bits per heavy atom. The van der Waals surface area contributed by atoms with Gasteiger partial charge < -0.3 is 10.6 Å². The molecule has 0 aromatic rings. The lowest BCUT2D eigenvalue weighted by Crippen LogP contribution is -2.52. The van der Waals surface area contributed by atoms with Gasteiger partial charge in [-0.05, 0) is 80.2 Å². The zero-order chi connectivity index (χ0) is 14.4. The van der Waals surface area contributed by atoms with Gasteiger partial charge in [0.15, 0.2) is 0 Å². The number of nitrogens with zero attached hydrogens (tertiary/aromatic N) is 1. The van der Waals surface area contributed by atoms with Crippen molar-refractivity contribution in [1.29, 1.82) is 0 Å². The SMILES string of the molecule is CCN(CC(C)(C)CN)CC12CC3CC(CC(C3)C1)C2. The van der Waals surface area contributed by atoms with Crippen molar-refractivity contribution >= 4 is 0 Å². The Morgan fingerprint density at radius 1 is 1.05 bits per heavy atom. The van der Waals surface area contributed by atoms with E-state index in [4.69, 9.17) is 5.73 Å². The molecule has 0 radical (unpaired) electrons. The minimum absolute atomic E-state index is 0.262. The van der Waals surface area contributed by atoms with Crippen LogP contribution in [0.4, 0.5) is 0 Å². The predicted octanol–water partition coefficient (Wildman–Crippen LogP) is 3.51. The lowest BCUT2D eigenvalue weighted by Gasteiger charge is -2.58. The number of hydrogen-bond donors (Lipinski definition) is 1. The third-order valence-corrected chi connectivity index (χ3v) is 6.38. The second-order valence-electron chi connectivity index (χ2n) is 9.09. The van der Waals surface area contributed by atoms with E-state index in [0.29, 0.717) is 5.41 Å². The molecular weight excluding hydrogens is 244 g/mol. The Hall–Kier alpha value is -0.0800. The highest BCUT2D eigenvalue weighted by molar-refractivity contribution is 5.02. The van der Waals surface area contributed by atoms with E-state index < -0.39 is 0 Å². The molecule has 0 unspecified atom stereocenters. The summed E-state index contributed by atoms with van der Waals surface area (Å²) < 4.78 is 0. The molecule has 2 N–H and O–H groups in total. The molecule has 0 spiro atoms. The topological polar surface area (TPSA) is 29.3 Å².